The van der Waals surface area contributed by atoms with Crippen molar-refractivity contribution in [3.63, 3.8) is 0 Å². The second kappa shape index (κ2) is 9.41. The second-order valence-electron chi connectivity index (χ2n) is 8.56. The van der Waals surface area contributed by atoms with Crippen LogP contribution >= 0.6 is 0 Å². The number of rotatable bonds is 5. The molecule has 0 N–H and O–H groups in total. The van der Waals surface area contributed by atoms with Gasteiger partial charge in [0.05, 0.1) is 11.1 Å². The van der Waals surface area contributed by atoms with E-state index in [2.05, 4.69) is 23.2 Å². The van der Waals surface area contributed by atoms with Crippen molar-refractivity contribution in [2.24, 2.45) is 0 Å². The third-order valence-corrected chi connectivity index (χ3v) is 6.46. The van der Waals surface area contributed by atoms with Gasteiger partial charge in [0, 0.05) is 44.2 Å². The molecule has 33 heavy (non-hydrogen) atoms. The molecule has 2 heterocycles. The van der Waals surface area contributed by atoms with Gasteiger partial charge in [-0.05, 0) is 41.3 Å². The first-order valence-corrected chi connectivity index (χ1v) is 11.6. The standard InChI is InChI=1S/C28H27N3O2/c32-26(14-6-10-21-8-2-1-3-9-21)30-16-18-31(19-17-30)28(33)25-20-22-11-4-5-12-23(22)24-13-7-15-29-27(24)25/h1-5,7-9,11-13,15,20H,6,10,14,16-19H2. The van der Waals surface area contributed by atoms with Crippen LogP contribution in [0, 0.1) is 0 Å². The Bertz CT molecular complexity index is 1290. The summed E-state index contributed by atoms with van der Waals surface area (Å²) in [6.07, 6.45) is 4.03. The van der Waals surface area contributed by atoms with Gasteiger partial charge in [-0.15, -0.1) is 0 Å². The Balaban J connectivity index is 1.24. The second-order valence-corrected chi connectivity index (χ2v) is 8.56. The summed E-state index contributed by atoms with van der Waals surface area (Å²) in [5.74, 6) is 0.163. The topological polar surface area (TPSA) is 53.5 Å². The molecule has 0 unspecified atom stereocenters. The SMILES string of the molecule is O=C(CCCc1ccccc1)N1CCN(C(=O)c2cc3ccccc3c3cccnc23)CC1. The molecule has 0 spiro atoms. The zero-order valence-corrected chi connectivity index (χ0v) is 18.6. The number of nitrogens with zero attached hydrogens (tertiary/aromatic N) is 3. The molecule has 0 aliphatic carbocycles. The molecule has 1 aromatic heterocycles. The fourth-order valence-electron chi connectivity index (χ4n) is 4.67. The Morgan fingerprint density at radius 3 is 2.30 bits per heavy atom. The quantitative estimate of drug-likeness (QED) is 0.426. The zero-order chi connectivity index (χ0) is 22.6. The van der Waals surface area contributed by atoms with Crippen molar-refractivity contribution in [2.75, 3.05) is 26.2 Å². The number of pyridine rings is 1. The van der Waals surface area contributed by atoms with Crippen LogP contribution in [0.3, 0.4) is 0 Å². The molecule has 2 amide bonds. The van der Waals surface area contributed by atoms with E-state index >= 15 is 0 Å². The number of amides is 2. The van der Waals surface area contributed by atoms with Crippen LogP contribution in [-0.4, -0.2) is 52.8 Å². The monoisotopic (exact) mass is 437 g/mol. The number of fused-ring (bicyclic) bond motifs is 3. The van der Waals surface area contributed by atoms with E-state index < -0.39 is 0 Å². The molecule has 0 radical (unpaired) electrons. The summed E-state index contributed by atoms with van der Waals surface area (Å²) in [6, 6.07) is 24.2. The third-order valence-electron chi connectivity index (χ3n) is 6.46. The van der Waals surface area contributed by atoms with E-state index in [1.807, 2.05) is 64.4 Å². The van der Waals surface area contributed by atoms with Crippen molar-refractivity contribution in [2.45, 2.75) is 19.3 Å². The fraction of sp³-hybridized carbons (Fsp3) is 0.250. The van der Waals surface area contributed by atoms with E-state index in [1.165, 1.54) is 5.56 Å². The number of aromatic nitrogens is 1. The lowest BCUT2D eigenvalue weighted by atomic mass is 10.00. The van der Waals surface area contributed by atoms with Crippen LogP contribution in [0.25, 0.3) is 21.7 Å². The highest BCUT2D eigenvalue weighted by Gasteiger charge is 2.26. The normalized spacial score (nSPS) is 14.1. The molecule has 166 valence electrons. The number of piperazine rings is 1. The molecule has 1 fully saturated rings. The first-order chi connectivity index (χ1) is 16.2. The van der Waals surface area contributed by atoms with Crippen molar-refractivity contribution in [3.05, 3.63) is 90.1 Å². The Morgan fingerprint density at radius 1 is 0.788 bits per heavy atom. The van der Waals surface area contributed by atoms with Crippen molar-refractivity contribution in [1.29, 1.82) is 0 Å². The number of hydrogen-bond acceptors (Lipinski definition) is 3. The predicted octanol–water partition coefficient (Wildman–Crippen LogP) is 4.70. The Kier molecular flexibility index (Phi) is 6.03. The van der Waals surface area contributed by atoms with E-state index in [1.54, 1.807) is 6.20 Å². The van der Waals surface area contributed by atoms with Crippen LogP contribution in [-0.2, 0) is 11.2 Å². The summed E-state index contributed by atoms with van der Waals surface area (Å²) in [7, 11) is 0. The predicted molar refractivity (Wildman–Crippen MR) is 131 cm³/mol. The van der Waals surface area contributed by atoms with Crippen LogP contribution in [0.4, 0.5) is 0 Å². The molecule has 1 aliphatic heterocycles. The highest BCUT2D eigenvalue weighted by molar-refractivity contribution is 6.15. The molecule has 5 heteroatoms. The maximum absolute atomic E-state index is 13.4. The Morgan fingerprint density at radius 2 is 1.48 bits per heavy atom. The molecule has 0 saturated carbocycles. The maximum atomic E-state index is 13.4. The Hall–Kier alpha value is -3.73. The molecule has 5 rings (SSSR count). The first-order valence-electron chi connectivity index (χ1n) is 11.6. The number of carbonyl (C=O) groups is 2. The van der Waals surface area contributed by atoms with Crippen molar-refractivity contribution in [1.82, 2.24) is 14.8 Å². The van der Waals surface area contributed by atoms with Gasteiger partial charge in [0.25, 0.3) is 5.91 Å². The molecule has 1 aliphatic rings. The summed E-state index contributed by atoms with van der Waals surface area (Å²) in [5.41, 5.74) is 2.63. The third kappa shape index (κ3) is 4.44. The van der Waals surface area contributed by atoms with Crippen LogP contribution < -0.4 is 0 Å². The molecular weight excluding hydrogens is 410 g/mol. The zero-order valence-electron chi connectivity index (χ0n) is 18.6. The summed E-state index contributed by atoms with van der Waals surface area (Å²) < 4.78 is 0. The van der Waals surface area contributed by atoms with E-state index in [4.69, 9.17) is 0 Å². The van der Waals surface area contributed by atoms with Gasteiger partial charge in [-0.2, -0.15) is 0 Å². The van der Waals surface area contributed by atoms with E-state index in [0.717, 1.165) is 34.5 Å². The van der Waals surface area contributed by atoms with Crippen LogP contribution in [0.2, 0.25) is 0 Å². The summed E-state index contributed by atoms with van der Waals surface area (Å²) >= 11 is 0. The van der Waals surface area contributed by atoms with Crippen LogP contribution in [0.5, 0.6) is 0 Å². The number of aryl methyl sites for hydroxylation is 1. The molecule has 4 aromatic rings. The average Bonchev–Trinajstić information content (AvgIpc) is 2.88. The van der Waals surface area contributed by atoms with E-state index in [0.29, 0.717) is 38.2 Å². The van der Waals surface area contributed by atoms with Gasteiger partial charge in [-0.3, -0.25) is 14.6 Å². The number of benzene rings is 3. The van der Waals surface area contributed by atoms with Crippen molar-refractivity contribution < 1.29 is 9.59 Å². The first kappa shape index (κ1) is 21.1. The highest BCUT2D eigenvalue weighted by Crippen LogP contribution is 2.28. The number of hydrogen-bond donors (Lipinski definition) is 0. The van der Waals surface area contributed by atoms with Gasteiger partial charge in [0.1, 0.15) is 0 Å². The summed E-state index contributed by atoms with van der Waals surface area (Å²) in [5, 5.41) is 3.13. The van der Waals surface area contributed by atoms with E-state index in [-0.39, 0.29) is 11.8 Å². The molecule has 5 nitrogen and oxygen atoms in total. The minimum atomic E-state index is -0.0133. The maximum Gasteiger partial charge on any atom is 0.256 e. The number of carbonyl (C=O) groups excluding carboxylic acids is 2. The lowest BCUT2D eigenvalue weighted by molar-refractivity contribution is -0.132. The molecule has 0 bridgehead atoms. The largest absolute Gasteiger partial charge is 0.339 e. The molecular formula is C28H27N3O2. The van der Waals surface area contributed by atoms with Gasteiger partial charge in [-0.1, -0.05) is 60.7 Å². The van der Waals surface area contributed by atoms with Gasteiger partial charge >= 0.3 is 0 Å². The van der Waals surface area contributed by atoms with Gasteiger partial charge < -0.3 is 9.80 Å². The van der Waals surface area contributed by atoms with E-state index in [9.17, 15) is 9.59 Å². The van der Waals surface area contributed by atoms with Crippen molar-refractivity contribution >= 4 is 33.5 Å². The molecule has 3 aromatic carbocycles. The summed E-state index contributed by atoms with van der Waals surface area (Å²) in [6.45, 7) is 2.25. The molecule has 0 atom stereocenters. The van der Waals surface area contributed by atoms with Gasteiger partial charge in [0.15, 0.2) is 0 Å². The highest BCUT2D eigenvalue weighted by atomic mass is 16.2. The fourth-order valence-corrected chi connectivity index (χ4v) is 4.67. The Labute approximate surface area is 193 Å². The molecule has 1 saturated heterocycles. The lowest BCUT2D eigenvalue weighted by Crippen LogP contribution is -2.50. The van der Waals surface area contributed by atoms with Crippen LogP contribution in [0.15, 0.2) is 79.0 Å². The van der Waals surface area contributed by atoms with Gasteiger partial charge in [-0.25, -0.2) is 0 Å². The lowest BCUT2D eigenvalue weighted by Gasteiger charge is -2.35. The minimum absolute atomic E-state index is 0.0133. The summed E-state index contributed by atoms with van der Waals surface area (Å²) in [4.78, 5) is 34.4. The average molecular weight is 438 g/mol. The smallest absolute Gasteiger partial charge is 0.256 e. The van der Waals surface area contributed by atoms with Gasteiger partial charge in [0.2, 0.25) is 5.91 Å². The minimum Gasteiger partial charge on any atom is -0.339 e. The van der Waals surface area contributed by atoms with Crippen LogP contribution in [0.1, 0.15) is 28.8 Å². The van der Waals surface area contributed by atoms with Crippen molar-refractivity contribution in [3.8, 4) is 0 Å².